The van der Waals surface area contributed by atoms with Gasteiger partial charge in [0, 0.05) is 25.1 Å². The first kappa shape index (κ1) is 13.1. The molecule has 2 atom stereocenters. The smallest absolute Gasteiger partial charge is 0.135 e. The van der Waals surface area contributed by atoms with E-state index in [2.05, 4.69) is 48.3 Å². The Morgan fingerprint density at radius 3 is 2.39 bits per heavy atom. The van der Waals surface area contributed by atoms with Gasteiger partial charge >= 0.3 is 0 Å². The maximum Gasteiger partial charge on any atom is 0.135 e. The summed E-state index contributed by atoms with van der Waals surface area (Å²) < 4.78 is 0. The monoisotopic (exact) mass is 248 g/mol. The Bertz CT molecular complexity index is 403. The number of anilines is 2. The van der Waals surface area contributed by atoms with Gasteiger partial charge in [-0.15, -0.1) is 0 Å². The molecule has 0 aliphatic heterocycles. The van der Waals surface area contributed by atoms with E-state index >= 15 is 0 Å². The van der Waals surface area contributed by atoms with Crippen LogP contribution in [0.15, 0.2) is 6.07 Å². The first-order valence-electron chi connectivity index (χ1n) is 6.96. The Morgan fingerprint density at radius 2 is 1.89 bits per heavy atom. The third kappa shape index (κ3) is 3.34. The average Bonchev–Trinajstić information content (AvgIpc) is 3.03. The molecule has 0 amide bonds. The summed E-state index contributed by atoms with van der Waals surface area (Å²) in [7, 11) is 0. The van der Waals surface area contributed by atoms with Crippen molar-refractivity contribution in [2.45, 2.75) is 40.0 Å². The van der Waals surface area contributed by atoms with Crippen LogP contribution in [-0.2, 0) is 0 Å². The number of rotatable bonds is 6. The summed E-state index contributed by atoms with van der Waals surface area (Å²) >= 11 is 0. The normalized spacial score (nSPS) is 22.1. The van der Waals surface area contributed by atoms with Crippen molar-refractivity contribution in [2.24, 2.45) is 11.8 Å². The summed E-state index contributed by atoms with van der Waals surface area (Å²) in [6, 6.07) is 2.00. The maximum absolute atomic E-state index is 4.58. The lowest BCUT2D eigenvalue weighted by Crippen LogP contribution is -2.11. The molecular formula is C14H24N4. The molecule has 1 aliphatic rings. The summed E-state index contributed by atoms with van der Waals surface area (Å²) in [5, 5.41) is 6.70. The molecule has 1 fully saturated rings. The fraction of sp³-hybridized carbons (Fsp3) is 0.714. The minimum Gasteiger partial charge on any atom is -0.370 e. The molecule has 1 aromatic rings. The molecule has 0 spiro atoms. The zero-order valence-corrected chi connectivity index (χ0v) is 11.8. The highest BCUT2D eigenvalue weighted by atomic mass is 15.1. The largest absolute Gasteiger partial charge is 0.370 e. The molecule has 100 valence electrons. The summed E-state index contributed by atoms with van der Waals surface area (Å²) in [6.07, 6.45) is 1.34. The van der Waals surface area contributed by atoms with Crippen molar-refractivity contribution in [3.05, 3.63) is 11.9 Å². The van der Waals surface area contributed by atoms with Crippen LogP contribution in [0.4, 0.5) is 11.6 Å². The molecule has 0 aromatic carbocycles. The highest BCUT2D eigenvalue weighted by Crippen LogP contribution is 2.37. The van der Waals surface area contributed by atoms with Gasteiger partial charge in [-0.1, -0.05) is 20.8 Å². The number of hydrogen-bond acceptors (Lipinski definition) is 4. The highest BCUT2D eigenvalue weighted by molar-refractivity contribution is 5.48. The zero-order valence-electron chi connectivity index (χ0n) is 11.8. The first-order chi connectivity index (χ1) is 8.60. The quantitative estimate of drug-likeness (QED) is 0.812. The minimum atomic E-state index is 0.351. The van der Waals surface area contributed by atoms with E-state index in [-0.39, 0.29) is 0 Å². The molecule has 18 heavy (non-hydrogen) atoms. The molecule has 4 heteroatoms. The van der Waals surface area contributed by atoms with Crippen LogP contribution in [0.3, 0.4) is 0 Å². The van der Waals surface area contributed by atoms with Gasteiger partial charge in [0.15, 0.2) is 0 Å². The van der Waals surface area contributed by atoms with Gasteiger partial charge < -0.3 is 10.6 Å². The van der Waals surface area contributed by atoms with E-state index in [1.165, 1.54) is 6.42 Å². The summed E-state index contributed by atoms with van der Waals surface area (Å²) in [6.45, 7) is 10.5. The van der Waals surface area contributed by atoms with Gasteiger partial charge in [-0.25, -0.2) is 9.97 Å². The molecule has 1 aromatic heterocycles. The van der Waals surface area contributed by atoms with Crippen LogP contribution in [-0.4, -0.2) is 23.1 Å². The van der Waals surface area contributed by atoms with E-state index in [0.29, 0.717) is 5.92 Å². The first-order valence-corrected chi connectivity index (χ1v) is 6.96. The van der Waals surface area contributed by atoms with Crippen molar-refractivity contribution in [3.8, 4) is 0 Å². The predicted molar refractivity (Wildman–Crippen MR) is 76.0 cm³/mol. The Kier molecular flexibility index (Phi) is 4.04. The van der Waals surface area contributed by atoms with E-state index in [4.69, 9.17) is 0 Å². The molecule has 0 radical (unpaired) electrons. The summed E-state index contributed by atoms with van der Waals surface area (Å²) in [5.74, 6) is 4.82. The van der Waals surface area contributed by atoms with E-state index < -0.39 is 0 Å². The number of nitrogens with one attached hydrogen (secondary N) is 2. The number of hydrogen-bond donors (Lipinski definition) is 2. The van der Waals surface area contributed by atoms with Gasteiger partial charge in [0.05, 0.1) is 0 Å². The van der Waals surface area contributed by atoms with Crippen LogP contribution >= 0.6 is 0 Å². The Labute approximate surface area is 110 Å². The zero-order chi connectivity index (χ0) is 13.1. The highest BCUT2D eigenvalue weighted by Gasteiger charge is 2.31. The molecule has 0 saturated heterocycles. The third-order valence-corrected chi connectivity index (χ3v) is 3.44. The Hall–Kier alpha value is -1.32. The fourth-order valence-corrected chi connectivity index (χ4v) is 2.01. The molecule has 1 saturated carbocycles. The number of nitrogens with zero attached hydrogens (tertiary/aromatic N) is 2. The van der Waals surface area contributed by atoms with Gasteiger partial charge in [-0.3, -0.25) is 0 Å². The van der Waals surface area contributed by atoms with Gasteiger partial charge in [-0.2, -0.15) is 0 Å². The van der Waals surface area contributed by atoms with Crippen molar-refractivity contribution >= 4 is 11.6 Å². The lowest BCUT2D eigenvalue weighted by molar-refractivity contribution is 0.761. The Balaban J connectivity index is 2.06. The second kappa shape index (κ2) is 5.55. The molecule has 2 rings (SSSR count). The van der Waals surface area contributed by atoms with Crippen LogP contribution in [0.1, 0.15) is 45.9 Å². The summed E-state index contributed by atoms with van der Waals surface area (Å²) in [4.78, 5) is 9.10. The topological polar surface area (TPSA) is 49.8 Å². The van der Waals surface area contributed by atoms with Crippen molar-refractivity contribution in [1.82, 2.24) is 9.97 Å². The van der Waals surface area contributed by atoms with Crippen molar-refractivity contribution < 1.29 is 0 Å². The van der Waals surface area contributed by atoms with Crippen molar-refractivity contribution in [2.75, 3.05) is 23.7 Å². The summed E-state index contributed by atoms with van der Waals surface area (Å²) in [5.41, 5.74) is 0. The Morgan fingerprint density at radius 1 is 1.28 bits per heavy atom. The molecule has 0 bridgehead atoms. The maximum atomic E-state index is 4.58. The van der Waals surface area contributed by atoms with Crippen LogP contribution < -0.4 is 10.6 Å². The molecule has 2 N–H and O–H groups in total. The van der Waals surface area contributed by atoms with Crippen LogP contribution in [0.2, 0.25) is 0 Å². The van der Waals surface area contributed by atoms with E-state index in [1.54, 1.807) is 0 Å². The van der Waals surface area contributed by atoms with Crippen LogP contribution in [0.5, 0.6) is 0 Å². The molecule has 2 unspecified atom stereocenters. The van der Waals surface area contributed by atoms with Gasteiger partial charge in [0.2, 0.25) is 0 Å². The molecule has 4 nitrogen and oxygen atoms in total. The standard InChI is InChI=1S/C14H24N4/c1-5-15-12-7-13(16-8-11-6-10(11)4)18-14(17-12)9(2)3/h7,9-11H,5-6,8H2,1-4H3,(H2,15,16,17,18). The van der Waals surface area contributed by atoms with Gasteiger partial charge in [0.1, 0.15) is 17.5 Å². The fourth-order valence-electron chi connectivity index (χ4n) is 2.01. The molecular weight excluding hydrogens is 224 g/mol. The second-order valence-corrected chi connectivity index (χ2v) is 5.54. The van der Waals surface area contributed by atoms with E-state index in [0.717, 1.165) is 42.4 Å². The van der Waals surface area contributed by atoms with E-state index in [9.17, 15) is 0 Å². The SMILES string of the molecule is CCNc1cc(NCC2CC2C)nc(C(C)C)n1. The average molecular weight is 248 g/mol. The predicted octanol–water partition coefficient (Wildman–Crippen LogP) is 3.10. The van der Waals surface area contributed by atoms with E-state index in [1.807, 2.05) is 6.07 Å². The lowest BCUT2D eigenvalue weighted by Gasteiger charge is -2.12. The van der Waals surface area contributed by atoms with Gasteiger partial charge in [-0.05, 0) is 25.2 Å². The van der Waals surface area contributed by atoms with Gasteiger partial charge in [0.25, 0.3) is 0 Å². The van der Waals surface area contributed by atoms with Crippen molar-refractivity contribution in [1.29, 1.82) is 0 Å². The third-order valence-electron chi connectivity index (χ3n) is 3.44. The van der Waals surface area contributed by atoms with Crippen LogP contribution in [0.25, 0.3) is 0 Å². The van der Waals surface area contributed by atoms with Crippen LogP contribution in [0, 0.1) is 11.8 Å². The molecule has 1 aliphatic carbocycles. The second-order valence-electron chi connectivity index (χ2n) is 5.54. The lowest BCUT2D eigenvalue weighted by atomic mass is 10.2. The minimum absolute atomic E-state index is 0.351. The van der Waals surface area contributed by atoms with Crippen molar-refractivity contribution in [3.63, 3.8) is 0 Å². The number of aromatic nitrogens is 2. The molecule has 1 heterocycles.